The van der Waals surface area contributed by atoms with Gasteiger partial charge in [0.15, 0.2) is 0 Å². The lowest BCUT2D eigenvalue weighted by Gasteiger charge is -2.21. The van der Waals surface area contributed by atoms with Crippen molar-refractivity contribution in [3.8, 4) is 5.69 Å². The number of thioether (sulfide) groups is 1. The van der Waals surface area contributed by atoms with Crippen molar-refractivity contribution in [1.82, 2.24) is 14.8 Å². The lowest BCUT2D eigenvalue weighted by Crippen LogP contribution is -2.33. The third-order valence-electron chi connectivity index (χ3n) is 3.74. The summed E-state index contributed by atoms with van der Waals surface area (Å²) in [5.74, 6) is 1.06. The summed E-state index contributed by atoms with van der Waals surface area (Å²) in [4.78, 5) is 18.6. The Bertz CT molecular complexity index is 651. The third kappa shape index (κ3) is 3.16. The van der Waals surface area contributed by atoms with Crippen molar-refractivity contribution in [2.24, 2.45) is 0 Å². The van der Waals surface area contributed by atoms with Crippen LogP contribution < -0.4 is 4.90 Å². The van der Waals surface area contributed by atoms with E-state index in [0.29, 0.717) is 12.5 Å². The Labute approximate surface area is 134 Å². The molecule has 22 heavy (non-hydrogen) atoms. The molecule has 2 heterocycles. The Balaban J connectivity index is 1.89. The van der Waals surface area contributed by atoms with Crippen molar-refractivity contribution in [2.45, 2.75) is 32.2 Å². The van der Waals surface area contributed by atoms with E-state index in [2.05, 4.69) is 10.1 Å². The molecule has 1 aliphatic rings. The highest BCUT2D eigenvalue weighted by Crippen LogP contribution is 2.34. The molecule has 0 atom stereocenters. The minimum atomic E-state index is 0.200. The summed E-state index contributed by atoms with van der Waals surface area (Å²) in [6.07, 6.45) is 10.2. The van der Waals surface area contributed by atoms with Crippen LogP contribution in [-0.4, -0.2) is 38.7 Å². The van der Waals surface area contributed by atoms with Gasteiger partial charge in [0.2, 0.25) is 5.91 Å². The van der Waals surface area contributed by atoms with Crippen LogP contribution in [0.25, 0.3) is 5.69 Å². The van der Waals surface area contributed by atoms with E-state index in [1.807, 2.05) is 36.4 Å². The summed E-state index contributed by atoms with van der Waals surface area (Å²) in [5.41, 5.74) is 2.72. The van der Waals surface area contributed by atoms with Crippen LogP contribution in [-0.2, 0) is 4.79 Å². The number of aromatic nitrogens is 3. The summed E-state index contributed by atoms with van der Waals surface area (Å²) in [6, 6.07) is 4.19. The summed E-state index contributed by atoms with van der Waals surface area (Å²) in [5, 5.41) is 4.55. The Hall–Kier alpha value is -1.82. The summed E-state index contributed by atoms with van der Waals surface area (Å²) in [6.45, 7) is 1.96. The maximum absolute atomic E-state index is 12.5. The molecule has 1 fully saturated rings. The molecular weight excluding hydrogens is 296 g/mol. The molecule has 6 heteroatoms. The first-order valence-corrected chi connectivity index (χ1v) is 8.87. The van der Waals surface area contributed by atoms with Gasteiger partial charge in [-0.25, -0.2) is 4.68 Å². The highest BCUT2D eigenvalue weighted by Gasteiger charge is 2.35. The van der Waals surface area contributed by atoms with Crippen LogP contribution in [0.1, 0.15) is 25.0 Å². The number of hydrogen-bond donors (Lipinski definition) is 0. The second kappa shape index (κ2) is 6.52. The molecule has 2 aromatic rings. The first-order valence-electron chi connectivity index (χ1n) is 7.48. The number of anilines is 1. The van der Waals surface area contributed by atoms with Gasteiger partial charge in [-0.2, -0.15) is 16.9 Å². The van der Waals surface area contributed by atoms with Gasteiger partial charge in [0.1, 0.15) is 0 Å². The first-order chi connectivity index (χ1) is 10.7. The van der Waals surface area contributed by atoms with Crippen molar-refractivity contribution in [1.29, 1.82) is 0 Å². The molecule has 0 aromatic carbocycles. The second-order valence-corrected chi connectivity index (χ2v) is 6.48. The maximum atomic E-state index is 12.5. The molecule has 0 radical (unpaired) electrons. The third-order valence-corrected chi connectivity index (χ3v) is 4.36. The van der Waals surface area contributed by atoms with Crippen molar-refractivity contribution in [3.05, 3.63) is 36.4 Å². The standard InChI is InChI=1S/C16H20N4OS/c1-12-15(11-19(18-12)14-4-3-8-17-10-14)20(13-5-6-13)16(21)7-9-22-2/h3-4,8,10-11,13H,5-7,9H2,1-2H3. The van der Waals surface area contributed by atoms with Gasteiger partial charge in [-0.3, -0.25) is 9.78 Å². The van der Waals surface area contributed by atoms with Gasteiger partial charge < -0.3 is 4.90 Å². The molecule has 3 rings (SSSR count). The predicted octanol–water partition coefficient (Wildman–Crippen LogP) is 2.82. The Morgan fingerprint density at radius 1 is 1.50 bits per heavy atom. The van der Waals surface area contributed by atoms with Crippen LogP contribution in [0.5, 0.6) is 0 Å². The number of carbonyl (C=O) groups is 1. The average molecular weight is 316 g/mol. The minimum absolute atomic E-state index is 0.200. The molecule has 0 saturated heterocycles. The van der Waals surface area contributed by atoms with Gasteiger partial charge >= 0.3 is 0 Å². The molecule has 1 amide bonds. The Morgan fingerprint density at radius 2 is 2.32 bits per heavy atom. The summed E-state index contributed by atoms with van der Waals surface area (Å²) in [7, 11) is 0. The van der Waals surface area contributed by atoms with E-state index >= 15 is 0 Å². The van der Waals surface area contributed by atoms with Gasteiger partial charge in [0.25, 0.3) is 0 Å². The van der Waals surface area contributed by atoms with Crippen LogP contribution in [0.3, 0.4) is 0 Å². The predicted molar refractivity (Wildman–Crippen MR) is 89.6 cm³/mol. The quantitative estimate of drug-likeness (QED) is 0.822. The van der Waals surface area contributed by atoms with Gasteiger partial charge in [0.05, 0.1) is 29.5 Å². The van der Waals surface area contributed by atoms with E-state index in [-0.39, 0.29) is 5.91 Å². The van der Waals surface area contributed by atoms with Gasteiger partial charge in [0, 0.05) is 24.4 Å². The molecule has 0 aliphatic heterocycles. The monoisotopic (exact) mass is 316 g/mol. The molecular formula is C16H20N4OS. The fourth-order valence-corrected chi connectivity index (χ4v) is 2.86. The van der Waals surface area contributed by atoms with Gasteiger partial charge in [-0.05, 0) is 38.2 Å². The lowest BCUT2D eigenvalue weighted by molar-refractivity contribution is -0.118. The van der Waals surface area contributed by atoms with E-state index in [1.54, 1.807) is 28.8 Å². The normalized spacial score (nSPS) is 14.1. The highest BCUT2D eigenvalue weighted by molar-refractivity contribution is 7.98. The van der Waals surface area contributed by atoms with Crippen molar-refractivity contribution < 1.29 is 4.79 Å². The van der Waals surface area contributed by atoms with Crippen LogP contribution in [0.4, 0.5) is 5.69 Å². The summed E-state index contributed by atoms with van der Waals surface area (Å²) >= 11 is 1.70. The number of amides is 1. The fraction of sp³-hybridized carbons (Fsp3) is 0.438. The Morgan fingerprint density at radius 3 is 2.95 bits per heavy atom. The molecule has 2 aromatic heterocycles. The number of pyridine rings is 1. The second-order valence-electron chi connectivity index (χ2n) is 5.49. The molecule has 0 unspecified atom stereocenters. The van der Waals surface area contributed by atoms with Crippen LogP contribution in [0, 0.1) is 6.92 Å². The molecule has 0 bridgehead atoms. The van der Waals surface area contributed by atoms with Crippen molar-refractivity contribution >= 4 is 23.4 Å². The smallest absolute Gasteiger partial charge is 0.228 e. The van der Waals surface area contributed by atoms with Gasteiger partial charge in [-0.15, -0.1) is 0 Å². The first kappa shape index (κ1) is 15.1. The van der Waals surface area contributed by atoms with E-state index in [4.69, 9.17) is 0 Å². The molecule has 116 valence electrons. The topological polar surface area (TPSA) is 51.0 Å². The van der Waals surface area contributed by atoms with E-state index in [0.717, 1.165) is 35.7 Å². The molecule has 1 saturated carbocycles. The van der Waals surface area contributed by atoms with Crippen LogP contribution >= 0.6 is 11.8 Å². The largest absolute Gasteiger partial charge is 0.306 e. The number of nitrogens with zero attached hydrogens (tertiary/aromatic N) is 4. The molecule has 5 nitrogen and oxygen atoms in total. The minimum Gasteiger partial charge on any atom is -0.306 e. The Kier molecular flexibility index (Phi) is 4.47. The lowest BCUT2D eigenvalue weighted by atomic mass is 10.3. The molecule has 0 spiro atoms. The SMILES string of the molecule is CSCCC(=O)N(c1cn(-c2cccnc2)nc1C)C1CC1. The van der Waals surface area contributed by atoms with Crippen molar-refractivity contribution in [2.75, 3.05) is 16.9 Å². The molecule has 0 N–H and O–H groups in total. The zero-order valence-corrected chi connectivity index (χ0v) is 13.7. The number of carbonyl (C=O) groups excluding carboxylic acids is 1. The van der Waals surface area contributed by atoms with Crippen molar-refractivity contribution in [3.63, 3.8) is 0 Å². The van der Waals surface area contributed by atoms with E-state index in [9.17, 15) is 4.79 Å². The highest BCUT2D eigenvalue weighted by atomic mass is 32.2. The average Bonchev–Trinajstić information content (AvgIpc) is 3.30. The molecule has 1 aliphatic carbocycles. The van der Waals surface area contributed by atoms with E-state index in [1.165, 1.54) is 0 Å². The zero-order valence-electron chi connectivity index (χ0n) is 12.9. The van der Waals surface area contributed by atoms with E-state index < -0.39 is 0 Å². The zero-order chi connectivity index (χ0) is 15.5. The van der Waals surface area contributed by atoms with Crippen LogP contribution in [0.15, 0.2) is 30.7 Å². The van der Waals surface area contributed by atoms with Crippen LogP contribution in [0.2, 0.25) is 0 Å². The maximum Gasteiger partial charge on any atom is 0.228 e. The number of rotatable bonds is 6. The fourth-order valence-electron chi connectivity index (χ4n) is 2.49. The summed E-state index contributed by atoms with van der Waals surface area (Å²) < 4.78 is 1.80. The van der Waals surface area contributed by atoms with Gasteiger partial charge in [-0.1, -0.05) is 0 Å². The number of aryl methyl sites for hydroxylation is 1. The number of hydrogen-bond acceptors (Lipinski definition) is 4.